The number of likely N-dealkylation sites (N-methyl/N-ethyl adjacent to an activating group) is 1. The van der Waals surface area contributed by atoms with E-state index in [-0.39, 0.29) is 11.9 Å². The first-order valence-electron chi connectivity index (χ1n) is 5.57. The minimum Gasteiger partial charge on any atom is -0.379 e. The van der Waals surface area contributed by atoms with Gasteiger partial charge in [-0.1, -0.05) is 0 Å². The maximum absolute atomic E-state index is 12.1. The van der Waals surface area contributed by atoms with Crippen LogP contribution in [0, 0.1) is 0 Å². The molecule has 1 atom stereocenters. The van der Waals surface area contributed by atoms with Crippen LogP contribution in [0.5, 0.6) is 0 Å². The lowest BCUT2D eigenvalue weighted by Crippen LogP contribution is -2.37. The molecule has 1 saturated heterocycles. The summed E-state index contributed by atoms with van der Waals surface area (Å²) in [5.74, 6) is 0.532. The molecule has 1 aromatic rings. The van der Waals surface area contributed by atoms with Crippen LogP contribution in [0.4, 0.5) is 5.82 Å². The van der Waals surface area contributed by atoms with Crippen molar-refractivity contribution in [1.82, 2.24) is 14.9 Å². The largest absolute Gasteiger partial charge is 0.379 e. The highest BCUT2D eigenvalue weighted by Gasteiger charge is 2.25. The third-order valence-electron chi connectivity index (χ3n) is 2.90. The maximum atomic E-state index is 12.1. The zero-order valence-corrected chi connectivity index (χ0v) is 10.0. The van der Waals surface area contributed by atoms with E-state index >= 15 is 0 Å². The molecule has 0 saturated carbocycles. The van der Waals surface area contributed by atoms with Crippen LogP contribution in [0.2, 0.25) is 0 Å². The summed E-state index contributed by atoms with van der Waals surface area (Å²) in [6, 6.07) is 0.147. The molecule has 0 aromatic carbocycles. The number of nitrogens with zero attached hydrogens (tertiary/aromatic N) is 3. The Kier molecular flexibility index (Phi) is 3.53. The van der Waals surface area contributed by atoms with Crippen LogP contribution in [-0.4, -0.2) is 54.1 Å². The van der Waals surface area contributed by atoms with Gasteiger partial charge in [-0.05, 0) is 6.42 Å². The van der Waals surface area contributed by atoms with Gasteiger partial charge in [-0.25, -0.2) is 9.97 Å². The number of amides is 1. The van der Waals surface area contributed by atoms with Gasteiger partial charge in [0.2, 0.25) is 0 Å². The van der Waals surface area contributed by atoms with Crippen molar-refractivity contribution in [3.8, 4) is 0 Å². The highest BCUT2D eigenvalue weighted by Crippen LogP contribution is 2.13. The van der Waals surface area contributed by atoms with Crippen molar-refractivity contribution in [3.63, 3.8) is 0 Å². The van der Waals surface area contributed by atoms with E-state index < -0.39 is 0 Å². The van der Waals surface area contributed by atoms with E-state index in [2.05, 4.69) is 15.3 Å². The predicted octanol–water partition coefficient (Wildman–Crippen LogP) is 0.379. The van der Waals surface area contributed by atoms with E-state index in [9.17, 15) is 4.79 Å². The Morgan fingerprint density at radius 1 is 1.53 bits per heavy atom. The Labute approximate surface area is 100 Å². The van der Waals surface area contributed by atoms with Crippen LogP contribution in [0.1, 0.15) is 16.9 Å². The second-order valence-corrected chi connectivity index (χ2v) is 3.97. The first-order chi connectivity index (χ1) is 8.22. The second kappa shape index (κ2) is 5.09. The van der Waals surface area contributed by atoms with E-state index in [1.54, 1.807) is 25.2 Å². The molecule has 0 aliphatic carbocycles. The first-order valence-corrected chi connectivity index (χ1v) is 5.57. The predicted molar refractivity (Wildman–Crippen MR) is 62.9 cm³/mol. The van der Waals surface area contributed by atoms with Gasteiger partial charge in [0.25, 0.3) is 5.91 Å². The highest BCUT2D eigenvalue weighted by molar-refractivity contribution is 5.92. The number of rotatable bonds is 3. The van der Waals surface area contributed by atoms with Gasteiger partial charge in [0.05, 0.1) is 25.0 Å². The standard InChI is InChI=1S/C11H16N4O2/c1-12-10-6-13-9(5-14-10)11(16)15(2)8-3-4-17-7-8/h5-6,8H,3-4,7H2,1-2H3,(H,12,14). The fourth-order valence-electron chi connectivity index (χ4n) is 1.74. The zero-order valence-electron chi connectivity index (χ0n) is 10.0. The van der Waals surface area contributed by atoms with E-state index in [0.717, 1.165) is 6.42 Å². The number of aromatic nitrogens is 2. The summed E-state index contributed by atoms with van der Waals surface area (Å²) in [7, 11) is 3.53. The summed E-state index contributed by atoms with van der Waals surface area (Å²) < 4.78 is 5.26. The number of carbonyl (C=O) groups excluding carboxylic acids is 1. The number of ether oxygens (including phenoxy) is 1. The van der Waals surface area contributed by atoms with E-state index in [0.29, 0.717) is 24.7 Å². The Morgan fingerprint density at radius 3 is 2.88 bits per heavy atom. The number of hydrogen-bond acceptors (Lipinski definition) is 5. The van der Waals surface area contributed by atoms with Crippen LogP contribution in [0.15, 0.2) is 12.4 Å². The van der Waals surface area contributed by atoms with Crippen LogP contribution in [-0.2, 0) is 4.74 Å². The van der Waals surface area contributed by atoms with Crippen molar-refractivity contribution in [1.29, 1.82) is 0 Å². The molecule has 0 spiro atoms. The molecule has 1 aliphatic heterocycles. The molecular weight excluding hydrogens is 220 g/mol. The smallest absolute Gasteiger partial charge is 0.274 e. The SMILES string of the molecule is CNc1cnc(C(=O)N(C)C2CCOC2)cn1. The van der Waals surface area contributed by atoms with E-state index in [1.165, 1.54) is 6.20 Å². The molecule has 1 fully saturated rings. The van der Waals surface area contributed by atoms with Gasteiger partial charge in [0, 0.05) is 20.7 Å². The minimum absolute atomic E-state index is 0.115. The van der Waals surface area contributed by atoms with Crippen LogP contribution in [0.25, 0.3) is 0 Å². The Balaban J connectivity index is 2.07. The molecule has 1 N–H and O–H groups in total. The summed E-state index contributed by atoms with van der Waals surface area (Å²) in [5, 5.41) is 2.86. The minimum atomic E-state index is -0.115. The average Bonchev–Trinajstić information content (AvgIpc) is 2.91. The van der Waals surface area contributed by atoms with Crippen molar-refractivity contribution >= 4 is 11.7 Å². The fourth-order valence-corrected chi connectivity index (χ4v) is 1.74. The third-order valence-corrected chi connectivity index (χ3v) is 2.90. The summed E-state index contributed by atoms with van der Waals surface area (Å²) in [6.45, 7) is 1.32. The molecule has 92 valence electrons. The summed E-state index contributed by atoms with van der Waals surface area (Å²) in [4.78, 5) is 21.9. The Morgan fingerprint density at radius 2 is 2.35 bits per heavy atom. The van der Waals surface area contributed by atoms with Crippen molar-refractivity contribution in [2.45, 2.75) is 12.5 Å². The van der Waals surface area contributed by atoms with Crippen LogP contribution >= 0.6 is 0 Å². The van der Waals surface area contributed by atoms with Crippen molar-refractivity contribution in [3.05, 3.63) is 18.1 Å². The van der Waals surface area contributed by atoms with Gasteiger partial charge >= 0.3 is 0 Å². The van der Waals surface area contributed by atoms with Crippen molar-refractivity contribution < 1.29 is 9.53 Å². The first kappa shape index (κ1) is 11.8. The molecule has 0 radical (unpaired) electrons. The maximum Gasteiger partial charge on any atom is 0.274 e. The molecule has 17 heavy (non-hydrogen) atoms. The monoisotopic (exact) mass is 236 g/mol. The zero-order chi connectivity index (χ0) is 12.3. The molecule has 6 heteroatoms. The summed E-state index contributed by atoms with van der Waals surface area (Å²) in [6.07, 6.45) is 3.91. The lowest BCUT2D eigenvalue weighted by molar-refractivity contribution is 0.0705. The molecule has 0 bridgehead atoms. The van der Waals surface area contributed by atoms with Gasteiger partial charge in [-0.3, -0.25) is 4.79 Å². The van der Waals surface area contributed by atoms with Gasteiger partial charge in [-0.2, -0.15) is 0 Å². The normalized spacial score (nSPS) is 19.1. The Hall–Kier alpha value is -1.69. The fraction of sp³-hybridized carbons (Fsp3) is 0.545. The number of nitrogens with one attached hydrogen (secondary N) is 1. The lowest BCUT2D eigenvalue weighted by atomic mass is 10.2. The lowest BCUT2D eigenvalue weighted by Gasteiger charge is -2.22. The third kappa shape index (κ3) is 2.52. The molecule has 1 unspecified atom stereocenters. The van der Waals surface area contributed by atoms with Gasteiger partial charge in [-0.15, -0.1) is 0 Å². The van der Waals surface area contributed by atoms with Gasteiger partial charge in [0.15, 0.2) is 0 Å². The van der Waals surface area contributed by atoms with Crippen LogP contribution in [0.3, 0.4) is 0 Å². The van der Waals surface area contributed by atoms with Crippen LogP contribution < -0.4 is 5.32 Å². The molecule has 2 heterocycles. The average molecular weight is 236 g/mol. The highest BCUT2D eigenvalue weighted by atomic mass is 16.5. The molecule has 2 rings (SSSR count). The molecular formula is C11H16N4O2. The summed E-state index contributed by atoms with van der Waals surface area (Å²) >= 11 is 0. The van der Waals surface area contributed by atoms with E-state index in [4.69, 9.17) is 4.74 Å². The number of hydrogen-bond donors (Lipinski definition) is 1. The Bertz CT molecular complexity index is 387. The van der Waals surface area contributed by atoms with Crippen molar-refractivity contribution in [2.24, 2.45) is 0 Å². The summed E-state index contributed by atoms with van der Waals surface area (Å²) in [5.41, 5.74) is 0.360. The number of carbonyl (C=O) groups is 1. The van der Waals surface area contributed by atoms with Gasteiger partial charge < -0.3 is 15.0 Å². The van der Waals surface area contributed by atoms with E-state index in [1.807, 2.05) is 0 Å². The van der Waals surface area contributed by atoms with Gasteiger partial charge in [0.1, 0.15) is 11.5 Å². The number of anilines is 1. The molecule has 1 amide bonds. The quantitative estimate of drug-likeness (QED) is 0.821. The topological polar surface area (TPSA) is 67.4 Å². The second-order valence-electron chi connectivity index (χ2n) is 3.97. The molecule has 6 nitrogen and oxygen atoms in total. The molecule has 1 aromatic heterocycles. The van der Waals surface area contributed by atoms with Crippen molar-refractivity contribution in [2.75, 3.05) is 32.6 Å². The molecule has 1 aliphatic rings.